The minimum Gasteiger partial charge on any atom is -0.357 e. The fourth-order valence-corrected chi connectivity index (χ4v) is 2.71. The van der Waals surface area contributed by atoms with E-state index in [-0.39, 0.29) is 11.9 Å². The average molecular weight is 291 g/mol. The molecule has 1 atom stereocenters. The summed E-state index contributed by atoms with van der Waals surface area (Å²) in [5.41, 5.74) is 0. The second-order valence-electron chi connectivity index (χ2n) is 5.47. The van der Waals surface area contributed by atoms with Crippen LogP contribution < -0.4 is 15.5 Å². The Morgan fingerprint density at radius 2 is 1.81 bits per heavy atom. The minimum atomic E-state index is -0.242. The topological polar surface area (TPSA) is 86.3 Å². The quantitative estimate of drug-likeness (QED) is 0.817. The zero-order valence-corrected chi connectivity index (χ0v) is 12.5. The Kier molecular flexibility index (Phi) is 3.76. The van der Waals surface area contributed by atoms with Gasteiger partial charge in [-0.2, -0.15) is 15.0 Å². The van der Waals surface area contributed by atoms with E-state index in [4.69, 9.17) is 0 Å². The smallest absolute Gasteiger partial charge is 0.244 e. The van der Waals surface area contributed by atoms with Gasteiger partial charge in [-0.1, -0.05) is 0 Å². The normalized spacial score (nSPS) is 22.0. The maximum Gasteiger partial charge on any atom is 0.244 e. The van der Waals surface area contributed by atoms with Crippen molar-refractivity contribution in [1.82, 2.24) is 19.9 Å². The summed E-state index contributed by atoms with van der Waals surface area (Å²) in [6.45, 7) is 2.70. The van der Waals surface area contributed by atoms with Crippen LogP contribution in [0.5, 0.6) is 0 Å². The Morgan fingerprint density at radius 1 is 1.10 bits per heavy atom. The number of nitrogens with zero attached hydrogens (tertiary/aromatic N) is 5. The lowest BCUT2D eigenvalue weighted by atomic mass is 10.2. The molecule has 2 saturated heterocycles. The van der Waals surface area contributed by atoms with E-state index >= 15 is 0 Å². The lowest BCUT2D eigenvalue weighted by Gasteiger charge is -2.18. The van der Waals surface area contributed by atoms with Gasteiger partial charge in [-0.3, -0.25) is 4.79 Å². The predicted octanol–water partition coefficient (Wildman–Crippen LogP) is 0.156. The highest BCUT2D eigenvalue weighted by Crippen LogP contribution is 2.20. The SMILES string of the molecule is CNc1nc(NC2CCN(C)C2=O)nc(N2CCCC2)n1. The number of nitrogens with one attached hydrogen (secondary N) is 2. The number of hydrogen-bond donors (Lipinski definition) is 2. The molecule has 1 aromatic heterocycles. The first kappa shape index (κ1) is 13.8. The molecule has 3 rings (SSSR count). The lowest BCUT2D eigenvalue weighted by Crippen LogP contribution is -2.32. The molecule has 8 nitrogen and oxygen atoms in total. The summed E-state index contributed by atoms with van der Waals surface area (Å²) >= 11 is 0. The highest BCUT2D eigenvalue weighted by molar-refractivity contribution is 5.86. The molecule has 0 aromatic carbocycles. The van der Waals surface area contributed by atoms with Gasteiger partial charge < -0.3 is 20.4 Å². The zero-order valence-electron chi connectivity index (χ0n) is 12.5. The molecule has 2 aliphatic rings. The van der Waals surface area contributed by atoms with Crippen molar-refractivity contribution in [2.24, 2.45) is 0 Å². The fraction of sp³-hybridized carbons (Fsp3) is 0.692. The van der Waals surface area contributed by atoms with Crippen molar-refractivity contribution < 1.29 is 4.79 Å². The molecular weight excluding hydrogens is 270 g/mol. The number of anilines is 3. The van der Waals surface area contributed by atoms with Gasteiger partial charge in [0.15, 0.2) is 0 Å². The van der Waals surface area contributed by atoms with E-state index < -0.39 is 0 Å². The molecule has 2 aliphatic heterocycles. The van der Waals surface area contributed by atoms with Crippen LogP contribution in [-0.4, -0.2) is 65.5 Å². The second kappa shape index (κ2) is 5.71. The molecule has 0 radical (unpaired) electrons. The zero-order chi connectivity index (χ0) is 14.8. The second-order valence-corrected chi connectivity index (χ2v) is 5.47. The summed E-state index contributed by atoms with van der Waals surface area (Å²) in [5.74, 6) is 1.75. The van der Waals surface area contributed by atoms with E-state index in [2.05, 4.69) is 30.5 Å². The van der Waals surface area contributed by atoms with Crippen molar-refractivity contribution in [2.45, 2.75) is 25.3 Å². The maximum absolute atomic E-state index is 12.0. The Morgan fingerprint density at radius 3 is 2.43 bits per heavy atom. The third kappa shape index (κ3) is 2.84. The van der Waals surface area contributed by atoms with Crippen LogP contribution in [-0.2, 0) is 4.79 Å². The number of carbonyl (C=O) groups is 1. The van der Waals surface area contributed by atoms with Crippen LogP contribution in [0.3, 0.4) is 0 Å². The summed E-state index contributed by atoms with van der Waals surface area (Å²) < 4.78 is 0. The third-order valence-electron chi connectivity index (χ3n) is 3.97. The third-order valence-corrected chi connectivity index (χ3v) is 3.97. The van der Waals surface area contributed by atoms with Gasteiger partial charge in [0.2, 0.25) is 23.8 Å². The van der Waals surface area contributed by atoms with E-state index in [9.17, 15) is 4.79 Å². The van der Waals surface area contributed by atoms with Crippen LogP contribution in [0.1, 0.15) is 19.3 Å². The highest BCUT2D eigenvalue weighted by Gasteiger charge is 2.30. The largest absolute Gasteiger partial charge is 0.357 e. The molecule has 2 N–H and O–H groups in total. The van der Waals surface area contributed by atoms with Gasteiger partial charge in [-0.25, -0.2) is 0 Å². The molecule has 0 saturated carbocycles. The molecule has 0 aliphatic carbocycles. The van der Waals surface area contributed by atoms with Crippen LogP contribution in [0.15, 0.2) is 0 Å². The number of likely N-dealkylation sites (N-methyl/N-ethyl adjacent to an activating group) is 1. The van der Waals surface area contributed by atoms with Crippen LogP contribution in [0.2, 0.25) is 0 Å². The summed E-state index contributed by atoms with van der Waals surface area (Å²) in [6, 6.07) is -0.242. The van der Waals surface area contributed by atoms with E-state index in [0.29, 0.717) is 17.8 Å². The van der Waals surface area contributed by atoms with Gasteiger partial charge in [-0.05, 0) is 19.3 Å². The van der Waals surface area contributed by atoms with Crippen LogP contribution in [0.25, 0.3) is 0 Å². The van der Waals surface area contributed by atoms with Gasteiger partial charge in [0.05, 0.1) is 0 Å². The van der Waals surface area contributed by atoms with Crippen LogP contribution >= 0.6 is 0 Å². The summed E-state index contributed by atoms with van der Waals surface area (Å²) in [5, 5.41) is 6.09. The van der Waals surface area contributed by atoms with Gasteiger partial charge in [0.25, 0.3) is 0 Å². The van der Waals surface area contributed by atoms with Gasteiger partial charge in [0.1, 0.15) is 6.04 Å². The van der Waals surface area contributed by atoms with Gasteiger partial charge >= 0.3 is 0 Å². The first-order valence-electron chi connectivity index (χ1n) is 7.37. The monoisotopic (exact) mass is 291 g/mol. The molecule has 114 valence electrons. The molecule has 3 heterocycles. The van der Waals surface area contributed by atoms with Gasteiger partial charge in [0, 0.05) is 33.7 Å². The minimum absolute atomic E-state index is 0.0872. The van der Waals surface area contributed by atoms with Crippen molar-refractivity contribution in [3.05, 3.63) is 0 Å². The molecule has 21 heavy (non-hydrogen) atoms. The van der Waals surface area contributed by atoms with E-state index in [1.807, 2.05) is 7.05 Å². The Hall–Kier alpha value is -2.12. The average Bonchev–Trinajstić information content (AvgIpc) is 3.13. The van der Waals surface area contributed by atoms with Crippen molar-refractivity contribution in [3.8, 4) is 0 Å². The van der Waals surface area contributed by atoms with E-state index in [1.165, 1.54) is 0 Å². The molecule has 1 amide bonds. The lowest BCUT2D eigenvalue weighted by molar-refractivity contribution is -0.127. The van der Waals surface area contributed by atoms with E-state index in [0.717, 1.165) is 38.9 Å². The molecular formula is C13H21N7O. The van der Waals surface area contributed by atoms with Crippen LogP contribution in [0.4, 0.5) is 17.8 Å². The summed E-state index contributed by atoms with van der Waals surface area (Å²) in [4.78, 5) is 29.0. The number of rotatable bonds is 4. The van der Waals surface area contributed by atoms with Crippen molar-refractivity contribution in [3.63, 3.8) is 0 Å². The van der Waals surface area contributed by atoms with Crippen LogP contribution in [0, 0.1) is 0 Å². The summed E-state index contributed by atoms with van der Waals surface area (Å²) in [7, 11) is 3.59. The standard InChI is InChI=1S/C13H21N7O/c1-14-11-16-12(15-9-5-8-19(2)10(9)21)18-13(17-11)20-6-3-4-7-20/h9H,3-8H2,1-2H3,(H2,14,15,16,17,18). The maximum atomic E-state index is 12.0. The van der Waals surface area contributed by atoms with Crippen molar-refractivity contribution in [1.29, 1.82) is 0 Å². The molecule has 2 fully saturated rings. The summed E-state index contributed by atoms with van der Waals surface area (Å²) in [6.07, 6.45) is 3.10. The highest BCUT2D eigenvalue weighted by atomic mass is 16.2. The fourth-order valence-electron chi connectivity index (χ4n) is 2.71. The van der Waals surface area contributed by atoms with E-state index in [1.54, 1.807) is 11.9 Å². The molecule has 1 unspecified atom stereocenters. The molecule has 0 spiro atoms. The number of likely N-dealkylation sites (tertiary alicyclic amines) is 1. The number of amides is 1. The number of hydrogen-bond acceptors (Lipinski definition) is 7. The van der Waals surface area contributed by atoms with Crippen molar-refractivity contribution >= 4 is 23.8 Å². The first-order chi connectivity index (χ1) is 10.2. The van der Waals surface area contributed by atoms with Gasteiger partial charge in [-0.15, -0.1) is 0 Å². The molecule has 0 bridgehead atoms. The Bertz CT molecular complexity index is 529. The predicted molar refractivity (Wildman–Crippen MR) is 80.5 cm³/mol. The Labute approximate surface area is 124 Å². The number of aromatic nitrogens is 3. The molecule has 1 aromatic rings. The molecule has 8 heteroatoms. The first-order valence-corrected chi connectivity index (χ1v) is 7.37. The van der Waals surface area contributed by atoms with Crippen molar-refractivity contribution in [2.75, 3.05) is 49.3 Å². The number of carbonyl (C=O) groups excluding carboxylic acids is 1. The Balaban J connectivity index is 1.80.